The Morgan fingerprint density at radius 2 is 2.00 bits per heavy atom. The van der Waals surface area contributed by atoms with Crippen LogP contribution in [0.1, 0.15) is 19.4 Å². The van der Waals surface area contributed by atoms with Crippen LogP contribution in [0.4, 0.5) is 5.69 Å². The van der Waals surface area contributed by atoms with Crippen molar-refractivity contribution in [3.05, 3.63) is 29.8 Å². The van der Waals surface area contributed by atoms with Crippen LogP contribution in [-0.4, -0.2) is 37.2 Å². The fourth-order valence-electron chi connectivity index (χ4n) is 2.13. The average Bonchev–Trinajstić information content (AvgIpc) is 2.25. The van der Waals surface area contributed by atoms with Crippen LogP contribution in [-0.2, 0) is 0 Å². The van der Waals surface area contributed by atoms with Crippen molar-refractivity contribution in [2.45, 2.75) is 20.8 Å². The first-order valence-electron chi connectivity index (χ1n) is 6.55. The lowest BCUT2D eigenvalue weighted by Crippen LogP contribution is -2.41. The fraction of sp³-hybridized carbons (Fsp3) is 0.533. The van der Waals surface area contributed by atoms with Crippen LogP contribution in [0.2, 0.25) is 0 Å². The maximum atomic E-state index is 5.33. The van der Waals surface area contributed by atoms with Gasteiger partial charge in [-0.3, -0.25) is 0 Å². The topological polar surface area (TPSA) is 27.3 Å². The molecule has 0 heterocycles. The highest BCUT2D eigenvalue weighted by Gasteiger charge is 2.18. The van der Waals surface area contributed by atoms with Crippen molar-refractivity contribution in [2.24, 2.45) is 5.41 Å². The minimum Gasteiger partial charge on any atom is -0.362 e. The minimum atomic E-state index is 0.182. The zero-order valence-electron chi connectivity index (χ0n) is 12.6. The monoisotopic (exact) mass is 279 g/mol. The summed E-state index contributed by atoms with van der Waals surface area (Å²) in [5, 5.41) is 7.18. The Morgan fingerprint density at radius 3 is 2.58 bits per heavy atom. The summed E-state index contributed by atoms with van der Waals surface area (Å²) < 4.78 is 0. The van der Waals surface area contributed by atoms with E-state index >= 15 is 0 Å². The Balaban J connectivity index is 2.44. The summed E-state index contributed by atoms with van der Waals surface area (Å²) in [4.78, 5) is 2.19. The summed E-state index contributed by atoms with van der Waals surface area (Å²) >= 11 is 5.33. The molecule has 3 nitrogen and oxygen atoms in total. The Hall–Kier alpha value is -1.13. The molecule has 0 saturated heterocycles. The van der Waals surface area contributed by atoms with E-state index in [-0.39, 0.29) is 5.41 Å². The molecule has 106 valence electrons. The number of hydrogen-bond acceptors (Lipinski definition) is 2. The maximum absolute atomic E-state index is 5.33. The van der Waals surface area contributed by atoms with E-state index in [0.29, 0.717) is 5.11 Å². The summed E-state index contributed by atoms with van der Waals surface area (Å²) in [5.74, 6) is 0. The van der Waals surface area contributed by atoms with Gasteiger partial charge in [0, 0.05) is 18.8 Å². The van der Waals surface area contributed by atoms with Gasteiger partial charge in [-0.1, -0.05) is 26.0 Å². The van der Waals surface area contributed by atoms with Gasteiger partial charge < -0.3 is 15.5 Å². The van der Waals surface area contributed by atoms with Crippen molar-refractivity contribution in [1.29, 1.82) is 0 Å². The molecule has 0 unspecified atom stereocenters. The minimum absolute atomic E-state index is 0.182. The Kier molecular flexibility index (Phi) is 5.76. The summed E-state index contributed by atoms with van der Waals surface area (Å²) in [6, 6.07) is 8.20. The third-order valence-electron chi connectivity index (χ3n) is 2.75. The van der Waals surface area contributed by atoms with E-state index in [0.717, 1.165) is 18.8 Å². The molecule has 1 aromatic rings. The van der Waals surface area contributed by atoms with Gasteiger partial charge in [0.2, 0.25) is 0 Å². The molecule has 0 radical (unpaired) electrons. The van der Waals surface area contributed by atoms with Crippen molar-refractivity contribution < 1.29 is 0 Å². The molecule has 0 spiro atoms. The van der Waals surface area contributed by atoms with E-state index in [1.54, 1.807) is 0 Å². The Bertz CT molecular complexity index is 427. The van der Waals surface area contributed by atoms with E-state index in [4.69, 9.17) is 12.2 Å². The molecule has 0 aliphatic heterocycles. The first-order chi connectivity index (χ1) is 8.78. The van der Waals surface area contributed by atoms with Crippen LogP contribution in [0.3, 0.4) is 0 Å². The largest absolute Gasteiger partial charge is 0.362 e. The molecule has 0 aromatic heterocycles. The molecule has 19 heavy (non-hydrogen) atoms. The van der Waals surface area contributed by atoms with Gasteiger partial charge in [-0.2, -0.15) is 0 Å². The second-order valence-corrected chi connectivity index (χ2v) is 6.49. The maximum Gasteiger partial charge on any atom is 0.170 e. The van der Waals surface area contributed by atoms with Gasteiger partial charge in [-0.15, -0.1) is 0 Å². The Labute approximate surface area is 122 Å². The number of thiocarbonyl (C=S) groups is 1. The standard InChI is InChI=1S/C15H25N3S/c1-12-7-6-8-13(9-12)17-14(19)16-10-15(2,3)11-18(4)5/h6-9H,10-11H2,1-5H3,(H2,16,17,19). The molecule has 0 atom stereocenters. The molecule has 1 aromatic carbocycles. The quantitative estimate of drug-likeness (QED) is 0.811. The van der Waals surface area contributed by atoms with Crippen molar-refractivity contribution >= 4 is 23.0 Å². The second-order valence-electron chi connectivity index (χ2n) is 6.08. The summed E-state index contributed by atoms with van der Waals surface area (Å²) in [7, 11) is 4.18. The third-order valence-corrected chi connectivity index (χ3v) is 2.99. The number of nitrogens with one attached hydrogen (secondary N) is 2. The van der Waals surface area contributed by atoms with E-state index in [2.05, 4.69) is 62.5 Å². The molecule has 0 aliphatic rings. The summed E-state index contributed by atoms with van der Waals surface area (Å²) in [6.07, 6.45) is 0. The van der Waals surface area contributed by atoms with Crippen molar-refractivity contribution in [1.82, 2.24) is 10.2 Å². The van der Waals surface area contributed by atoms with Crippen molar-refractivity contribution in [3.63, 3.8) is 0 Å². The number of hydrogen-bond donors (Lipinski definition) is 2. The number of aryl methyl sites for hydroxylation is 1. The predicted octanol–water partition coefficient (Wildman–Crippen LogP) is 2.87. The zero-order valence-corrected chi connectivity index (χ0v) is 13.4. The molecule has 0 bridgehead atoms. The first kappa shape index (κ1) is 15.9. The van der Waals surface area contributed by atoms with E-state index < -0.39 is 0 Å². The van der Waals surface area contributed by atoms with Crippen LogP contribution >= 0.6 is 12.2 Å². The molecule has 2 N–H and O–H groups in total. The number of anilines is 1. The smallest absolute Gasteiger partial charge is 0.170 e. The van der Waals surface area contributed by atoms with E-state index in [9.17, 15) is 0 Å². The predicted molar refractivity (Wildman–Crippen MR) is 87.7 cm³/mol. The SMILES string of the molecule is Cc1cccc(NC(=S)NCC(C)(C)CN(C)C)c1. The molecule has 0 amide bonds. The number of nitrogens with zero attached hydrogens (tertiary/aromatic N) is 1. The molecule has 0 fully saturated rings. The van der Waals surface area contributed by atoms with Gasteiger partial charge in [-0.25, -0.2) is 0 Å². The summed E-state index contributed by atoms with van der Waals surface area (Å²) in [5.41, 5.74) is 2.44. The lowest BCUT2D eigenvalue weighted by molar-refractivity contribution is 0.242. The highest BCUT2D eigenvalue weighted by Crippen LogP contribution is 2.14. The molecular formula is C15H25N3S. The van der Waals surface area contributed by atoms with Gasteiger partial charge in [0.05, 0.1) is 0 Å². The highest BCUT2D eigenvalue weighted by molar-refractivity contribution is 7.80. The lowest BCUT2D eigenvalue weighted by Gasteiger charge is -2.29. The van der Waals surface area contributed by atoms with Crippen LogP contribution in [0, 0.1) is 12.3 Å². The van der Waals surface area contributed by atoms with Gasteiger partial charge in [-0.05, 0) is 56.3 Å². The van der Waals surface area contributed by atoms with E-state index in [1.807, 2.05) is 12.1 Å². The number of rotatable bonds is 5. The van der Waals surface area contributed by atoms with Gasteiger partial charge in [0.15, 0.2) is 5.11 Å². The van der Waals surface area contributed by atoms with Gasteiger partial charge >= 0.3 is 0 Å². The van der Waals surface area contributed by atoms with Crippen molar-refractivity contribution in [3.8, 4) is 0 Å². The first-order valence-corrected chi connectivity index (χ1v) is 6.96. The average molecular weight is 279 g/mol. The van der Waals surface area contributed by atoms with Crippen LogP contribution in [0.5, 0.6) is 0 Å². The Morgan fingerprint density at radius 1 is 1.32 bits per heavy atom. The normalized spacial score (nSPS) is 11.5. The fourth-order valence-corrected chi connectivity index (χ4v) is 2.32. The third kappa shape index (κ3) is 6.55. The van der Waals surface area contributed by atoms with Crippen LogP contribution < -0.4 is 10.6 Å². The van der Waals surface area contributed by atoms with Crippen LogP contribution in [0.15, 0.2) is 24.3 Å². The van der Waals surface area contributed by atoms with Gasteiger partial charge in [0.25, 0.3) is 0 Å². The lowest BCUT2D eigenvalue weighted by atomic mass is 9.93. The highest BCUT2D eigenvalue weighted by atomic mass is 32.1. The number of benzene rings is 1. The summed E-state index contributed by atoms with van der Waals surface area (Å²) in [6.45, 7) is 8.41. The zero-order chi connectivity index (χ0) is 14.5. The molecule has 1 rings (SSSR count). The van der Waals surface area contributed by atoms with Gasteiger partial charge in [0.1, 0.15) is 0 Å². The second kappa shape index (κ2) is 6.87. The molecule has 4 heteroatoms. The van der Waals surface area contributed by atoms with Crippen molar-refractivity contribution in [2.75, 3.05) is 32.5 Å². The molecular weight excluding hydrogens is 254 g/mol. The molecule has 0 aliphatic carbocycles. The van der Waals surface area contributed by atoms with E-state index in [1.165, 1.54) is 5.56 Å². The van der Waals surface area contributed by atoms with Crippen LogP contribution in [0.25, 0.3) is 0 Å². The molecule has 0 saturated carbocycles.